The number of rotatable bonds is 6. The minimum absolute atomic E-state index is 0.0372. The predicted molar refractivity (Wildman–Crippen MR) is 80.5 cm³/mol. The molecule has 0 saturated heterocycles. The number of hydrogen-bond donors (Lipinski definition) is 4. The van der Waals surface area contributed by atoms with Crippen LogP contribution in [-0.2, 0) is 0 Å². The van der Waals surface area contributed by atoms with Crippen LogP contribution in [0.3, 0.4) is 0 Å². The molecular formula is C14H19N5O. The zero-order chi connectivity index (χ0) is 14.4. The molecule has 0 aliphatic heterocycles. The molecule has 2 rings (SSSR count). The second-order valence-corrected chi connectivity index (χ2v) is 4.32. The van der Waals surface area contributed by atoms with E-state index in [1.54, 1.807) is 6.07 Å². The second kappa shape index (κ2) is 6.72. The first kappa shape index (κ1) is 14.1. The quantitative estimate of drug-likeness (QED) is 0.639. The molecule has 0 amide bonds. The number of nitrogen functional groups attached to an aromatic ring is 1. The van der Waals surface area contributed by atoms with Gasteiger partial charge in [-0.15, -0.1) is 0 Å². The highest BCUT2D eigenvalue weighted by atomic mass is 16.3. The summed E-state index contributed by atoms with van der Waals surface area (Å²) in [6.07, 6.45) is 0. The van der Waals surface area contributed by atoms with Gasteiger partial charge in [0.25, 0.3) is 0 Å². The first-order valence-corrected chi connectivity index (χ1v) is 6.53. The molecule has 1 aromatic heterocycles. The summed E-state index contributed by atoms with van der Waals surface area (Å²) in [4.78, 5) is 8.22. The van der Waals surface area contributed by atoms with E-state index in [-0.39, 0.29) is 18.6 Å². The number of nitrogens with zero attached hydrogens (tertiary/aromatic N) is 2. The Balaban J connectivity index is 2.19. The maximum atomic E-state index is 9.53. The third-order valence-electron chi connectivity index (χ3n) is 2.81. The molecule has 1 heterocycles. The summed E-state index contributed by atoms with van der Waals surface area (Å²) in [5.74, 6) is 1.43. The van der Waals surface area contributed by atoms with Gasteiger partial charge in [-0.2, -0.15) is 9.97 Å². The highest BCUT2D eigenvalue weighted by Crippen LogP contribution is 2.20. The molecule has 6 nitrogen and oxygen atoms in total. The van der Waals surface area contributed by atoms with E-state index >= 15 is 0 Å². The molecule has 1 atom stereocenters. The topological polar surface area (TPSA) is 96.1 Å². The number of aliphatic hydroxyl groups excluding tert-OH is 1. The van der Waals surface area contributed by atoms with E-state index in [2.05, 4.69) is 20.6 Å². The summed E-state index contributed by atoms with van der Waals surface area (Å²) in [5.41, 5.74) is 6.66. The zero-order valence-electron chi connectivity index (χ0n) is 11.4. The van der Waals surface area contributed by atoms with Crippen LogP contribution in [0.5, 0.6) is 0 Å². The minimum atomic E-state index is -0.236. The average molecular weight is 273 g/mol. The normalized spacial score (nSPS) is 11.9. The molecule has 0 aliphatic carbocycles. The van der Waals surface area contributed by atoms with E-state index in [0.717, 1.165) is 12.1 Å². The fourth-order valence-corrected chi connectivity index (χ4v) is 1.91. The highest BCUT2D eigenvalue weighted by molar-refractivity contribution is 5.52. The lowest BCUT2D eigenvalue weighted by molar-refractivity contribution is 0.276. The largest absolute Gasteiger partial charge is 0.394 e. The summed E-state index contributed by atoms with van der Waals surface area (Å²) >= 11 is 0. The van der Waals surface area contributed by atoms with Crippen molar-refractivity contribution in [3.8, 4) is 0 Å². The van der Waals surface area contributed by atoms with Crippen LogP contribution in [0.2, 0.25) is 0 Å². The lowest BCUT2D eigenvalue weighted by Crippen LogP contribution is -2.16. The van der Waals surface area contributed by atoms with Crippen LogP contribution in [0, 0.1) is 0 Å². The van der Waals surface area contributed by atoms with E-state index in [9.17, 15) is 5.11 Å². The number of nitrogens with two attached hydrogens (primary N) is 1. The van der Waals surface area contributed by atoms with Crippen LogP contribution >= 0.6 is 0 Å². The van der Waals surface area contributed by atoms with Gasteiger partial charge in [-0.1, -0.05) is 30.3 Å². The van der Waals surface area contributed by atoms with Gasteiger partial charge in [0.05, 0.1) is 12.6 Å². The number of nitrogens with one attached hydrogen (secondary N) is 2. The molecule has 1 aromatic carbocycles. The van der Waals surface area contributed by atoms with Crippen molar-refractivity contribution in [2.45, 2.75) is 13.0 Å². The Morgan fingerprint density at radius 1 is 1.20 bits per heavy atom. The molecule has 0 fully saturated rings. The van der Waals surface area contributed by atoms with Gasteiger partial charge >= 0.3 is 0 Å². The first-order valence-electron chi connectivity index (χ1n) is 6.53. The minimum Gasteiger partial charge on any atom is -0.394 e. The van der Waals surface area contributed by atoms with Crippen molar-refractivity contribution >= 4 is 17.6 Å². The van der Waals surface area contributed by atoms with Gasteiger partial charge in [-0.25, -0.2) is 0 Å². The molecule has 20 heavy (non-hydrogen) atoms. The van der Waals surface area contributed by atoms with Gasteiger partial charge in [0, 0.05) is 12.6 Å². The van der Waals surface area contributed by atoms with E-state index in [1.165, 1.54) is 0 Å². The van der Waals surface area contributed by atoms with E-state index in [4.69, 9.17) is 5.73 Å². The number of hydrogen-bond acceptors (Lipinski definition) is 6. The third-order valence-corrected chi connectivity index (χ3v) is 2.81. The average Bonchev–Trinajstić information content (AvgIpc) is 2.45. The van der Waals surface area contributed by atoms with Gasteiger partial charge < -0.3 is 21.5 Å². The van der Waals surface area contributed by atoms with Crippen molar-refractivity contribution in [2.24, 2.45) is 0 Å². The molecule has 2 aromatic rings. The Labute approximate surface area is 118 Å². The lowest BCUT2D eigenvalue weighted by Gasteiger charge is -2.18. The highest BCUT2D eigenvalue weighted by Gasteiger charge is 2.11. The van der Waals surface area contributed by atoms with Crippen molar-refractivity contribution in [1.29, 1.82) is 0 Å². The van der Waals surface area contributed by atoms with Crippen LogP contribution in [0.4, 0.5) is 17.6 Å². The fourth-order valence-electron chi connectivity index (χ4n) is 1.91. The Morgan fingerprint density at radius 3 is 2.55 bits per heavy atom. The molecule has 0 saturated carbocycles. The van der Waals surface area contributed by atoms with Crippen LogP contribution < -0.4 is 16.4 Å². The monoisotopic (exact) mass is 273 g/mol. The molecule has 5 N–H and O–H groups in total. The number of aromatic nitrogens is 2. The van der Waals surface area contributed by atoms with Gasteiger partial charge in [0.1, 0.15) is 11.6 Å². The summed E-state index contributed by atoms with van der Waals surface area (Å²) in [6, 6.07) is 11.2. The Kier molecular flexibility index (Phi) is 4.73. The molecule has 0 radical (unpaired) electrons. The van der Waals surface area contributed by atoms with Gasteiger partial charge in [0.2, 0.25) is 5.95 Å². The molecule has 0 spiro atoms. The molecule has 1 unspecified atom stereocenters. The molecule has 6 heteroatoms. The van der Waals surface area contributed by atoms with Crippen molar-refractivity contribution in [2.75, 3.05) is 29.5 Å². The Bertz CT molecular complexity index is 547. The van der Waals surface area contributed by atoms with Gasteiger partial charge in [-0.3, -0.25) is 0 Å². The van der Waals surface area contributed by atoms with Crippen molar-refractivity contribution in [1.82, 2.24) is 9.97 Å². The van der Waals surface area contributed by atoms with Crippen molar-refractivity contribution in [3.05, 3.63) is 42.0 Å². The van der Waals surface area contributed by atoms with Crippen LogP contribution in [0.1, 0.15) is 18.5 Å². The first-order chi connectivity index (χ1) is 9.72. The predicted octanol–water partition coefficient (Wildman–Crippen LogP) is 1.64. The Morgan fingerprint density at radius 2 is 1.90 bits per heavy atom. The molecule has 0 aliphatic rings. The van der Waals surface area contributed by atoms with Crippen molar-refractivity contribution in [3.63, 3.8) is 0 Å². The smallest absolute Gasteiger partial charge is 0.223 e. The van der Waals surface area contributed by atoms with E-state index in [1.807, 2.05) is 37.3 Å². The van der Waals surface area contributed by atoms with Crippen LogP contribution in [0.25, 0.3) is 0 Å². The van der Waals surface area contributed by atoms with Crippen LogP contribution in [0.15, 0.2) is 36.4 Å². The number of benzene rings is 1. The fraction of sp³-hybridized carbons (Fsp3) is 0.286. The van der Waals surface area contributed by atoms with E-state index in [0.29, 0.717) is 11.6 Å². The molecule has 106 valence electrons. The van der Waals surface area contributed by atoms with Crippen LogP contribution in [-0.4, -0.2) is 28.2 Å². The molecule has 0 bridgehead atoms. The summed E-state index contributed by atoms with van der Waals surface area (Å²) in [6.45, 7) is 2.69. The zero-order valence-corrected chi connectivity index (χ0v) is 11.4. The second-order valence-electron chi connectivity index (χ2n) is 4.32. The third kappa shape index (κ3) is 3.58. The van der Waals surface area contributed by atoms with Crippen molar-refractivity contribution < 1.29 is 5.11 Å². The van der Waals surface area contributed by atoms with E-state index < -0.39 is 0 Å². The molecular weight excluding hydrogens is 254 g/mol. The maximum absolute atomic E-state index is 9.53. The standard InChI is InChI=1S/C14H19N5O/c1-2-16-12-8-13(19-14(15)18-12)17-11(9-20)10-6-4-3-5-7-10/h3-8,11,20H,2,9H2,1H3,(H4,15,16,17,18,19). The summed E-state index contributed by atoms with van der Waals surface area (Å²) in [5, 5.41) is 15.8. The summed E-state index contributed by atoms with van der Waals surface area (Å²) in [7, 11) is 0. The maximum Gasteiger partial charge on any atom is 0.223 e. The number of anilines is 3. The Hall–Kier alpha value is -2.34. The SMILES string of the molecule is CCNc1cc(NC(CO)c2ccccc2)nc(N)n1. The number of aliphatic hydroxyl groups is 1. The lowest BCUT2D eigenvalue weighted by atomic mass is 10.1. The van der Waals surface area contributed by atoms with Gasteiger partial charge in [-0.05, 0) is 12.5 Å². The van der Waals surface area contributed by atoms with Gasteiger partial charge in [0.15, 0.2) is 0 Å². The summed E-state index contributed by atoms with van der Waals surface area (Å²) < 4.78 is 0.